The van der Waals surface area contributed by atoms with E-state index in [2.05, 4.69) is 4.98 Å². The van der Waals surface area contributed by atoms with Crippen LogP contribution in [0.5, 0.6) is 17.2 Å². The number of aryl methyl sites for hydroxylation is 1. The molecule has 112 valence electrons. The number of Topliss-reactive ketones (excluding diaryl/α,β-unsaturated/α-hetero) is 1. The van der Waals surface area contributed by atoms with Crippen molar-refractivity contribution in [2.24, 2.45) is 0 Å². The third-order valence-electron chi connectivity index (χ3n) is 2.97. The quantitative estimate of drug-likeness (QED) is 0.768. The normalized spacial score (nSPS) is 10.3. The monoisotopic (exact) mass is 307 g/mol. The fourth-order valence-electron chi connectivity index (χ4n) is 1.97. The number of benzene rings is 1. The maximum Gasteiger partial charge on any atom is 0.203 e. The van der Waals surface area contributed by atoms with Crippen LogP contribution in [0.1, 0.15) is 21.1 Å². The average Bonchev–Trinajstić information content (AvgIpc) is 2.90. The highest BCUT2D eigenvalue weighted by Gasteiger charge is 2.17. The Hall–Kier alpha value is -2.08. The number of carbonyl (C=O) groups is 1. The van der Waals surface area contributed by atoms with Crippen LogP contribution in [0.15, 0.2) is 17.5 Å². The Morgan fingerprint density at radius 2 is 1.76 bits per heavy atom. The lowest BCUT2D eigenvalue weighted by Crippen LogP contribution is -2.05. The van der Waals surface area contributed by atoms with Gasteiger partial charge in [-0.3, -0.25) is 4.79 Å². The molecule has 2 rings (SSSR count). The first kappa shape index (κ1) is 15.3. The van der Waals surface area contributed by atoms with Crippen LogP contribution in [0.2, 0.25) is 0 Å². The van der Waals surface area contributed by atoms with Crippen LogP contribution in [0.25, 0.3) is 0 Å². The van der Waals surface area contributed by atoms with Gasteiger partial charge in [-0.15, -0.1) is 11.3 Å². The van der Waals surface area contributed by atoms with Gasteiger partial charge in [0, 0.05) is 16.6 Å². The molecule has 0 aliphatic carbocycles. The van der Waals surface area contributed by atoms with Crippen molar-refractivity contribution in [1.82, 2.24) is 4.98 Å². The molecule has 0 aliphatic rings. The Bertz CT molecular complexity index is 626. The SMILES string of the molecule is COc1cc(C(=O)Cc2nc(C)cs2)cc(OC)c1OC. The van der Waals surface area contributed by atoms with Crippen LogP contribution < -0.4 is 14.2 Å². The number of ketones is 1. The lowest BCUT2D eigenvalue weighted by atomic mass is 10.1. The topological polar surface area (TPSA) is 57.7 Å². The minimum atomic E-state index is -0.0383. The van der Waals surface area contributed by atoms with Crippen LogP contribution in [0.3, 0.4) is 0 Å². The summed E-state index contributed by atoms with van der Waals surface area (Å²) in [5.74, 6) is 1.37. The second-order valence-electron chi connectivity index (χ2n) is 4.40. The number of aromatic nitrogens is 1. The van der Waals surface area contributed by atoms with E-state index in [1.165, 1.54) is 32.7 Å². The van der Waals surface area contributed by atoms with Crippen LogP contribution in [-0.2, 0) is 6.42 Å². The predicted molar refractivity (Wildman–Crippen MR) is 81.0 cm³/mol. The molecule has 1 heterocycles. The Balaban J connectivity index is 2.32. The molecule has 1 aromatic carbocycles. The Labute approximate surface area is 127 Å². The van der Waals surface area contributed by atoms with E-state index in [1.54, 1.807) is 12.1 Å². The molecule has 0 aliphatic heterocycles. The maximum atomic E-state index is 12.4. The number of hydrogen-bond donors (Lipinski definition) is 0. The maximum absolute atomic E-state index is 12.4. The standard InChI is InChI=1S/C15H17NO4S/c1-9-8-21-14(16-9)7-11(17)10-5-12(18-2)15(20-4)13(6-10)19-3/h5-6,8H,7H2,1-4H3. The van der Waals surface area contributed by atoms with Crippen molar-refractivity contribution in [2.75, 3.05) is 21.3 Å². The summed E-state index contributed by atoms with van der Waals surface area (Å²) < 4.78 is 15.8. The van der Waals surface area contributed by atoms with E-state index in [0.717, 1.165) is 10.7 Å². The van der Waals surface area contributed by atoms with Gasteiger partial charge in [-0.1, -0.05) is 0 Å². The highest BCUT2D eigenvalue weighted by Crippen LogP contribution is 2.38. The van der Waals surface area contributed by atoms with Crippen LogP contribution in [-0.4, -0.2) is 32.1 Å². The largest absolute Gasteiger partial charge is 0.493 e. The summed E-state index contributed by atoms with van der Waals surface area (Å²) in [5.41, 5.74) is 1.44. The van der Waals surface area contributed by atoms with Gasteiger partial charge in [-0.25, -0.2) is 4.98 Å². The van der Waals surface area contributed by atoms with Crippen molar-refractivity contribution >= 4 is 17.1 Å². The molecular weight excluding hydrogens is 290 g/mol. The first-order valence-corrected chi connectivity index (χ1v) is 7.21. The molecule has 0 saturated carbocycles. The number of ether oxygens (including phenoxy) is 3. The minimum Gasteiger partial charge on any atom is -0.493 e. The Morgan fingerprint density at radius 3 is 2.19 bits per heavy atom. The van der Waals surface area contributed by atoms with E-state index in [4.69, 9.17) is 14.2 Å². The van der Waals surface area contributed by atoms with Gasteiger partial charge in [-0.05, 0) is 19.1 Å². The zero-order valence-corrected chi connectivity index (χ0v) is 13.2. The fraction of sp³-hybridized carbons (Fsp3) is 0.333. The summed E-state index contributed by atoms with van der Waals surface area (Å²) in [7, 11) is 4.58. The summed E-state index contributed by atoms with van der Waals surface area (Å²) in [6, 6.07) is 3.31. The molecule has 21 heavy (non-hydrogen) atoms. The number of hydrogen-bond acceptors (Lipinski definition) is 6. The molecule has 0 atom stereocenters. The molecule has 2 aromatic rings. The van der Waals surface area contributed by atoms with Gasteiger partial charge >= 0.3 is 0 Å². The van der Waals surface area contributed by atoms with E-state index < -0.39 is 0 Å². The van der Waals surface area contributed by atoms with Gasteiger partial charge in [0.2, 0.25) is 5.75 Å². The van der Waals surface area contributed by atoms with Gasteiger partial charge < -0.3 is 14.2 Å². The molecule has 0 unspecified atom stereocenters. The number of thiazole rings is 1. The van der Waals surface area contributed by atoms with Crippen LogP contribution in [0, 0.1) is 6.92 Å². The summed E-state index contributed by atoms with van der Waals surface area (Å²) in [6.07, 6.45) is 0.261. The van der Waals surface area contributed by atoms with E-state index in [0.29, 0.717) is 22.8 Å². The lowest BCUT2D eigenvalue weighted by molar-refractivity contribution is 0.0992. The van der Waals surface area contributed by atoms with E-state index >= 15 is 0 Å². The van der Waals surface area contributed by atoms with Crippen molar-refractivity contribution in [3.63, 3.8) is 0 Å². The lowest BCUT2D eigenvalue weighted by Gasteiger charge is -2.13. The molecule has 0 bridgehead atoms. The molecule has 0 spiro atoms. The molecule has 1 aromatic heterocycles. The van der Waals surface area contributed by atoms with Gasteiger partial charge in [0.15, 0.2) is 17.3 Å². The zero-order chi connectivity index (χ0) is 15.4. The summed E-state index contributed by atoms with van der Waals surface area (Å²) >= 11 is 1.48. The smallest absolute Gasteiger partial charge is 0.203 e. The predicted octanol–water partition coefficient (Wildman–Crippen LogP) is 2.90. The van der Waals surface area contributed by atoms with Crippen molar-refractivity contribution in [1.29, 1.82) is 0 Å². The highest BCUT2D eigenvalue weighted by atomic mass is 32.1. The second kappa shape index (κ2) is 6.58. The molecule has 0 N–H and O–H groups in total. The number of nitrogens with zero attached hydrogens (tertiary/aromatic N) is 1. The van der Waals surface area contributed by atoms with Crippen LogP contribution in [0.4, 0.5) is 0 Å². The minimum absolute atomic E-state index is 0.0383. The van der Waals surface area contributed by atoms with Gasteiger partial charge in [-0.2, -0.15) is 0 Å². The molecular formula is C15H17NO4S. The molecule has 0 radical (unpaired) electrons. The summed E-state index contributed by atoms with van der Waals surface area (Å²) in [4.78, 5) is 16.7. The first-order chi connectivity index (χ1) is 10.1. The molecule has 0 fully saturated rings. The van der Waals surface area contributed by atoms with E-state index in [-0.39, 0.29) is 12.2 Å². The second-order valence-corrected chi connectivity index (χ2v) is 5.34. The fourth-order valence-corrected chi connectivity index (χ4v) is 2.74. The molecule has 0 amide bonds. The Morgan fingerprint density at radius 1 is 1.14 bits per heavy atom. The molecule has 0 saturated heterocycles. The van der Waals surface area contributed by atoms with Gasteiger partial charge in [0.1, 0.15) is 5.01 Å². The van der Waals surface area contributed by atoms with Crippen molar-refractivity contribution in [3.05, 3.63) is 33.8 Å². The first-order valence-electron chi connectivity index (χ1n) is 6.33. The van der Waals surface area contributed by atoms with Crippen molar-refractivity contribution < 1.29 is 19.0 Å². The third kappa shape index (κ3) is 3.33. The Kier molecular flexibility index (Phi) is 4.80. The third-order valence-corrected chi connectivity index (χ3v) is 3.93. The number of carbonyl (C=O) groups excluding carboxylic acids is 1. The summed E-state index contributed by atoms with van der Waals surface area (Å²) in [5, 5.41) is 2.73. The van der Waals surface area contributed by atoms with E-state index in [1.807, 2.05) is 12.3 Å². The van der Waals surface area contributed by atoms with Gasteiger partial charge in [0.05, 0.1) is 27.8 Å². The van der Waals surface area contributed by atoms with Crippen LogP contribution >= 0.6 is 11.3 Å². The highest BCUT2D eigenvalue weighted by molar-refractivity contribution is 7.09. The van der Waals surface area contributed by atoms with Gasteiger partial charge in [0.25, 0.3) is 0 Å². The average molecular weight is 307 g/mol. The zero-order valence-electron chi connectivity index (χ0n) is 12.4. The van der Waals surface area contributed by atoms with Crippen molar-refractivity contribution in [2.45, 2.75) is 13.3 Å². The number of rotatable bonds is 6. The molecule has 5 nitrogen and oxygen atoms in total. The number of methoxy groups -OCH3 is 3. The summed E-state index contributed by atoms with van der Waals surface area (Å²) in [6.45, 7) is 1.91. The molecule has 6 heteroatoms. The van der Waals surface area contributed by atoms with E-state index in [9.17, 15) is 4.79 Å². The van der Waals surface area contributed by atoms with Crippen molar-refractivity contribution in [3.8, 4) is 17.2 Å².